The van der Waals surface area contributed by atoms with Gasteiger partial charge in [-0.3, -0.25) is 0 Å². The third kappa shape index (κ3) is 2.05. The molecule has 16 heavy (non-hydrogen) atoms. The van der Waals surface area contributed by atoms with Crippen molar-refractivity contribution in [1.29, 1.82) is 5.26 Å². The summed E-state index contributed by atoms with van der Waals surface area (Å²) in [6, 6.07) is 9.63. The van der Waals surface area contributed by atoms with Gasteiger partial charge in [-0.15, -0.1) is 11.6 Å². The van der Waals surface area contributed by atoms with Gasteiger partial charge in [-0.25, -0.2) is 9.97 Å². The highest BCUT2D eigenvalue weighted by Gasteiger charge is 2.05. The summed E-state index contributed by atoms with van der Waals surface area (Å²) in [5, 5.41) is 12.4. The Bertz CT molecular complexity index is 547. The molecule has 1 aromatic heterocycles. The van der Waals surface area contributed by atoms with E-state index in [4.69, 9.17) is 16.9 Å². The SMILES string of the molecule is N#CCNc1nc(CCl)nc2ccccc12. The number of hydrogen-bond donors (Lipinski definition) is 1. The molecule has 5 heteroatoms. The first-order valence-corrected chi connectivity index (χ1v) is 5.31. The van der Waals surface area contributed by atoms with Crippen LogP contribution in [0.5, 0.6) is 0 Å². The maximum absolute atomic E-state index is 8.54. The van der Waals surface area contributed by atoms with Crippen LogP contribution in [-0.4, -0.2) is 16.5 Å². The molecule has 1 N–H and O–H groups in total. The summed E-state index contributed by atoms with van der Waals surface area (Å²) in [6.45, 7) is 0.211. The molecule has 0 saturated heterocycles. The lowest BCUT2D eigenvalue weighted by atomic mass is 10.2. The van der Waals surface area contributed by atoms with Crippen molar-refractivity contribution in [3.63, 3.8) is 0 Å². The summed E-state index contributed by atoms with van der Waals surface area (Å²) in [5.74, 6) is 1.47. The molecule has 0 fully saturated rings. The standard InChI is InChI=1S/C11H9ClN4/c12-7-10-15-9-4-2-1-3-8(9)11(16-10)14-6-5-13/h1-4H,6-7H2,(H,14,15,16). The van der Waals surface area contributed by atoms with Crippen LogP contribution in [0, 0.1) is 11.3 Å². The number of nitrogens with zero attached hydrogens (tertiary/aromatic N) is 3. The van der Waals surface area contributed by atoms with E-state index in [-0.39, 0.29) is 12.4 Å². The molecule has 1 heterocycles. The predicted octanol–water partition coefficient (Wildman–Crippen LogP) is 2.30. The minimum atomic E-state index is 0.211. The van der Waals surface area contributed by atoms with E-state index in [1.165, 1.54) is 0 Å². The third-order valence-electron chi connectivity index (χ3n) is 2.10. The minimum absolute atomic E-state index is 0.211. The molecule has 0 aliphatic rings. The lowest BCUT2D eigenvalue weighted by molar-refractivity contribution is 1.06. The summed E-state index contributed by atoms with van der Waals surface area (Å²) in [4.78, 5) is 8.55. The number of alkyl halides is 1. The Hall–Kier alpha value is -1.86. The largest absolute Gasteiger partial charge is 0.356 e. The second kappa shape index (κ2) is 4.77. The van der Waals surface area contributed by atoms with E-state index in [0.717, 1.165) is 10.9 Å². The van der Waals surface area contributed by atoms with Crippen molar-refractivity contribution in [2.75, 3.05) is 11.9 Å². The smallest absolute Gasteiger partial charge is 0.146 e. The molecule has 0 unspecified atom stereocenters. The van der Waals surface area contributed by atoms with Crippen molar-refractivity contribution in [3.05, 3.63) is 30.1 Å². The van der Waals surface area contributed by atoms with Gasteiger partial charge in [0.15, 0.2) is 0 Å². The van der Waals surface area contributed by atoms with Crippen LogP contribution in [0.3, 0.4) is 0 Å². The maximum atomic E-state index is 8.54. The zero-order valence-electron chi connectivity index (χ0n) is 8.44. The highest BCUT2D eigenvalue weighted by atomic mass is 35.5. The van der Waals surface area contributed by atoms with Crippen molar-refractivity contribution in [2.45, 2.75) is 5.88 Å². The second-order valence-electron chi connectivity index (χ2n) is 3.15. The highest BCUT2D eigenvalue weighted by Crippen LogP contribution is 2.20. The normalized spacial score (nSPS) is 10.0. The van der Waals surface area contributed by atoms with Gasteiger partial charge in [0, 0.05) is 5.39 Å². The summed E-state index contributed by atoms with van der Waals surface area (Å²) >= 11 is 5.72. The Labute approximate surface area is 97.9 Å². The Morgan fingerprint density at radius 1 is 1.31 bits per heavy atom. The Balaban J connectivity index is 2.55. The average molecular weight is 233 g/mol. The molecule has 2 rings (SSSR count). The van der Waals surface area contributed by atoms with E-state index in [1.807, 2.05) is 30.3 Å². The van der Waals surface area contributed by atoms with E-state index >= 15 is 0 Å². The van der Waals surface area contributed by atoms with Crippen LogP contribution in [0.4, 0.5) is 5.82 Å². The topological polar surface area (TPSA) is 61.6 Å². The first-order chi connectivity index (χ1) is 7.85. The zero-order valence-corrected chi connectivity index (χ0v) is 9.20. The molecule has 0 radical (unpaired) electrons. The number of fused-ring (bicyclic) bond motifs is 1. The summed E-state index contributed by atoms with van der Waals surface area (Å²) in [7, 11) is 0. The van der Waals surface area contributed by atoms with E-state index in [0.29, 0.717) is 11.6 Å². The van der Waals surface area contributed by atoms with Gasteiger partial charge in [-0.05, 0) is 12.1 Å². The summed E-state index contributed by atoms with van der Waals surface area (Å²) in [5.41, 5.74) is 0.827. The minimum Gasteiger partial charge on any atom is -0.356 e. The van der Waals surface area contributed by atoms with Gasteiger partial charge < -0.3 is 5.32 Å². The number of hydrogen-bond acceptors (Lipinski definition) is 4. The number of halogens is 1. The van der Waals surface area contributed by atoms with Crippen molar-refractivity contribution in [1.82, 2.24) is 9.97 Å². The van der Waals surface area contributed by atoms with Crippen LogP contribution in [0.25, 0.3) is 10.9 Å². The van der Waals surface area contributed by atoms with E-state index < -0.39 is 0 Å². The van der Waals surface area contributed by atoms with Crippen molar-refractivity contribution in [3.8, 4) is 6.07 Å². The Kier molecular flexibility index (Phi) is 3.18. The Morgan fingerprint density at radius 2 is 2.12 bits per heavy atom. The Morgan fingerprint density at radius 3 is 2.88 bits per heavy atom. The summed E-state index contributed by atoms with van der Waals surface area (Å²) < 4.78 is 0. The van der Waals surface area contributed by atoms with Gasteiger partial charge in [0.1, 0.15) is 18.2 Å². The predicted molar refractivity (Wildman–Crippen MR) is 63.2 cm³/mol. The molecule has 0 spiro atoms. The monoisotopic (exact) mass is 232 g/mol. The number of nitriles is 1. The third-order valence-corrected chi connectivity index (χ3v) is 2.34. The summed E-state index contributed by atoms with van der Waals surface area (Å²) in [6.07, 6.45) is 0. The van der Waals surface area contributed by atoms with Crippen molar-refractivity contribution < 1.29 is 0 Å². The van der Waals surface area contributed by atoms with Crippen LogP contribution >= 0.6 is 11.6 Å². The van der Waals surface area contributed by atoms with Crippen LogP contribution in [0.2, 0.25) is 0 Å². The van der Waals surface area contributed by atoms with E-state index in [9.17, 15) is 0 Å². The molecular weight excluding hydrogens is 224 g/mol. The lowest BCUT2D eigenvalue weighted by Crippen LogP contribution is -2.04. The number of para-hydroxylation sites is 1. The average Bonchev–Trinajstić information content (AvgIpc) is 2.35. The van der Waals surface area contributed by atoms with Gasteiger partial charge in [-0.1, -0.05) is 12.1 Å². The first-order valence-electron chi connectivity index (χ1n) is 4.77. The van der Waals surface area contributed by atoms with E-state index in [2.05, 4.69) is 15.3 Å². The highest BCUT2D eigenvalue weighted by molar-refractivity contribution is 6.16. The quantitative estimate of drug-likeness (QED) is 0.652. The molecule has 4 nitrogen and oxygen atoms in total. The second-order valence-corrected chi connectivity index (χ2v) is 3.42. The van der Waals surface area contributed by atoms with Gasteiger partial charge >= 0.3 is 0 Å². The van der Waals surface area contributed by atoms with Crippen molar-refractivity contribution >= 4 is 28.3 Å². The molecule has 0 bridgehead atoms. The molecular formula is C11H9ClN4. The van der Waals surface area contributed by atoms with Crippen molar-refractivity contribution in [2.24, 2.45) is 0 Å². The zero-order chi connectivity index (χ0) is 11.4. The van der Waals surface area contributed by atoms with Crippen LogP contribution in [-0.2, 0) is 5.88 Å². The number of rotatable bonds is 3. The molecule has 0 saturated carbocycles. The fraction of sp³-hybridized carbons (Fsp3) is 0.182. The number of aromatic nitrogens is 2. The van der Waals surface area contributed by atoms with Gasteiger partial charge in [0.25, 0.3) is 0 Å². The molecule has 80 valence electrons. The fourth-order valence-corrected chi connectivity index (χ4v) is 1.56. The first kappa shape index (κ1) is 10.7. The fourth-order valence-electron chi connectivity index (χ4n) is 1.44. The molecule has 0 amide bonds. The molecule has 0 aliphatic heterocycles. The molecule has 0 atom stereocenters. The van der Waals surface area contributed by atoms with Crippen LogP contribution in [0.15, 0.2) is 24.3 Å². The number of anilines is 1. The maximum Gasteiger partial charge on any atom is 0.146 e. The number of nitrogens with one attached hydrogen (secondary N) is 1. The number of benzene rings is 1. The lowest BCUT2D eigenvalue weighted by Gasteiger charge is -2.07. The van der Waals surface area contributed by atoms with Gasteiger partial charge in [0.05, 0.1) is 17.5 Å². The van der Waals surface area contributed by atoms with Gasteiger partial charge in [-0.2, -0.15) is 5.26 Å². The molecule has 2 aromatic rings. The van der Waals surface area contributed by atoms with E-state index in [1.54, 1.807) is 0 Å². The van der Waals surface area contributed by atoms with Gasteiger partial charge in [0.2, 0.25) is 0 Å². The van der Waals surface area contributed by atoms with Crippen LogP contribution in [0.1, 0.15) is 5.82 Å². The molecule has 1 aromatic carbocycles. The molecule has 0 aliphatic carbocycles. The van der Waals surface area contributed by atoms with Crippen LogP contribution < -0.4 is 5.32 Å².